The van der Waals surface area contributed by atoms with Crippen LogP contribution in [0.1, 0.15) is 52.9 Å². The van der Waals surface area contributed by atoms with E-state index in [-0.39, 0.29) is 47.3 Å². The van der Waals surface area contributed by atoms with Crippen molar-refractivity contribution in [2.75, 3.05) is 4.43 Å². The number of alkyl halides is 3. The fourth-order valence-electron chi connectivity index (χ4n) is 7.59. The van der Waals surface area contributed by atoms with E-state index in [1.54, 1.807) is 20.8 Å². The minimum atomic E-state index is -2.09. The van der Waals surface area contributed by atoms with Crippen LogP contribution < -0.4 is 0 Å². The normalized spacial score (nSPS) is 54.3. The van der Waals surface area contributed by atoms with Gasteiger partial charge in [0.25, 0.3) is 0 Å². The zero-order valence-electron chi connectivity index (χ0n) is 17.1. The molecular formula is C22H29F2IO4. The summed E-state index contributed by atoms with van der Waals surface area (Å²) in [6, 6.07) is 0. The molecule has 0 bridgehead atoms. The molecule has 0 amide bonds. The second-order valence-corrected chi connectivity index (χ2v) is 10.9. The van der Waals surface area contributed by atoms with E-state index < -0.39 is 52.1 Å². The van der Waals surface area contributed by atoms with Crippen molar-refractivity contribution in [3.8, 4) is 0 Å². The molecule has 0 heterocycles. The molecule has 3 saturated carbocycles. The van der Waals surface area contributed by atoms with Gasteiger partial charge in [-0.1, -0.05) is 43.4 Å². The summed E-state index contributed by atoms with van der Waals surface area (Å²) in [6.07, 6.45) is -1.13. The van der Waals surface area contributed by atoms with E-state index in [9.17, 15) is 19.8 Å². The second kappa shape index (κ2) is 6.55. The number of Topliss-reactive ketones (excluding diaryl/α,β-unsaturated/α-hetero) is 1. The molecule has 162 valence electrons. The van der Waals surface area contributed by atoms with Gasteiger partial charge in [0.15, 0.2) is 11.6 Å². The van der Waals surface area contributed by atoms with Crippen LogP contribution in [0.4, 0.5) is 8.78 Å². The summed E-state index contributed by atoms with van der Waals surface area (Å²) in [7, 11) is 0. The summed E-state index contributed by atoms with van der Waals surface area (Å²) in [5.74, 6) is -2.15. The van der Waals surface area contributed by atoms with Crippen LogP contribution in [-0.2, 0) is 9.59 Å². The van der Waals surface area contributed by atoms with E-state index in [2.05, 4.69) is 0 Å². The van der Waals surface area contributed by atoms with Gasteiger partial charge in [0.1, 0.15) is 17.4 Å². The van der Waals surface area contributed by atoms with Crippen molar-refractivity contribution in [2.45, 2.75) is 76.4 Å². The average molecular weight is 522 g/mol. The summed E-state index contributed by atoms with van der Waals surface area (Å²) in [5, 5.41) is 22.7. The van der Waals surface area contributed by atoms with Crippen molar-refractivity contribution in [1.29, 1.82) is 0 Å². The molecule has 7 heteroatoms. The Hall–Kier alpha value is -0.410. The molecule has 4 aliphatic carbocycles. The van der Waals surface area contributed by atoms with Crippen LogP contribution in [0, 0.1) is 28.6 Å². The zero-order chi connectivity index (χ0) is 21.6. The number of rotatable bonds is 2. The Morgan fingerprint density at radius 2 is 1.97 bits per heavy atom. The number of hydrogen-bond acceptors (Lipinski definition) is 4. The zero-order valence-corrected chi connectivity index (χ0v) is 19.2. The monoisotopic (exact) mass is 522 g/mol. The Morgan fingerprint density at radius 3 is 2.59 bits per heavy atom. The Kier molecular flexibility index (Phi) is 4.92. The van der Waals surface area contributed by atoms with E-state index in [4.69, 9.17) is 0 Å². The fraction of sp³-hybridized carbons (Fsp3) is 0.818. The fourth-order valence-corrected chi connectivity index (χ4v) is 8.17. The molecule has 29 heavy (non-hydrogen) atoms. The Labute approximate surface area is 183 Å². The minimum Gasteiger partial charge on any atom is -0.390 e. The van der Waals surface area contributed by atoms with Gasteiger partial charge in [0.05, 0.1) is 10.5 Å². The Balaban J connectivity index is 1.86. The molecule has 0 aromatic rings. The molecule has 0 aliphatic heterocycles. The van der Waals surface area contributed by atoms with Crippen LogP contribution in [0.15, 0.2) is 11.6 Å². The van der Waals surface area contributed by atoms with Gasteiger partial charge in [-0.25, -0.2) is 8.78 Å². The number of allylic oxidation sites excluding steroid dienone is 1. The number of carbonyl (C=O) groups excluding carboxylic acids is 2. The molecule has 4 rings (SSSR count). The van der Waals surface area contributed by atoms with Crippen LogP contribution >= 0.6 is 22.6 Å². The molecule has 3 fully saturated rings. The van der Waals surface area contributed by atoms with E-state index in [1.807, 2.05) is 22.6 Å². The number of carbonyl (C=O) groups is 2. The van der Waals surface area contributed by atoms with Crippen molar-refractivity contribution in [1.82, 2.24) is 0 Å². The number of halogens is 3. The molecule has 0 saturated heterocycles. The van der Waals surface area contributed by atoms with Gasteiger partial charge < -0.3 is 10.2 Å². The standard InChI is InChI=1S/C22H29F2IO4/c1-11-6-13-14-8-16(23)15-7-12(26)4-5-19(15,2)21(14,24)17(27)9-20(13,3)22(11,29)18(28)10-25/h7,11,13-14,16-17,27,29H,4-6,8-10H2,1-3H3/t11-,13?,14?,16+,17+,19+,20+,21+,22+/m1/s1. The van der Waals surface area contributed by atoms with Crippen molar-refractivity contribution in [3.05, 3.63) is 11.6 Å². The van der Waals surface area contributed by atoms with Gasteiger partial charge in [-0.3, -0.25) is 9.59 Å². The maximum absolute atomic E-state index is 17.0. The average Bonchev–Trinajstić information content (AvgIpc) is 2.86. The third-order valence-corrected chi connectivity index (χ3v) is 9.85. The molecule has 2 unspecified atom stereocenters. The topological polar surface area (TPSA) is 74.6 Å². The van der Waals surface area contributed by atoms with E-state index in [1.165, 1.54) is 6.08 Å². The highest BCUT2D eigenvalue weighted by Crippen LogP contribution is 2.71. The number of aliphatic hydroxyl groups excluding tert-OH is 1. The SMILES string of the molecule is C[C@@H]1CC2C3C[C@H](F)C4=CC(=O)CC[C@]4(C)[C@@]3(F)[C@@H](O)C[C@]2(C)[C@@]1(O)C(=O)CI. The first-order valence-electron chi connectivity index (χ1n) is 10.5. The molecule has 0 aromatic carbocycles. The molecule has 0 aromatic heterocycles. The first-order chi connectivity index (χ1) is 13.4. The lowest BCUT2D eigenvalue weighted by atomic mass is 9.43. The van der Waals surface area contributed by atoms with Crippen molar-refractivity contribution >= 4 is 34.2 Å². The summed E-state index contributed by atoms with van der Waals surface area (Å²) >= 11 is 1.92. The highest BCUT2D eigenvalue weighted by Gasteiger charge is 2.76. The minimum absolute atomic E-state index is 0.0539. The van der Waals surface area contributed by atoms with Gasteiger partial charge >= 0.3 is 0 Å². The molecule has 4 aliphatic rings. The lowest BCUT2D eigenvalue weighted by Gasteiger charge is -2.64. The van der Waals surface area contributed by atoms with E-state index in [0.717, 1.165) is 0 Å². The van der Waals surface area contributed by atoms with Crippen LogP contribution in [0.5, 0.6) is 0 Å². The maximum atomic E-state index is 17.0. The van der Waals surface area contributed by atoms with Crippen molar-refractivity contribution in [3.63, 3.8) is 0 Å². The highest BCUT2D eigenvalue weighted by atomic mass is 127. The number of fused-ring (bicyclic) bond motifs is 5. The van der Waals surface area contributed by atoms with Gasteiger partial charge in [0, 0.05) is 23.2 Å². The molecule has 2 N–H and O–H groups in total. The van der Waals surface area contributed by atoms with Crippen molar-refractivity contribution in [2.24, 2.45) is 28.6 Å². The lowest BCUT2D eigenvalue weighted by molar-refractivity contribution is -0.232. The van der Waals surface area contributed by atoms with Crippen LogP contribution in [0.3, 0.4) is 0 Å². The van der Waals surface area contributed by atoms with Crippen LogP contribution in [0.25, 0.3) is 0 Å². The maximum Gasteiger partial charge on any atom is 0.174 e. The van der Waals surface area contributed by atoms with E-state index >= 15 is 8.78 Å². The summed E-state index contributed by atoms with van der Waals surface area (Å²) in [4.78, 5) is 24.7. The molecule has 0 radical (unpaired) electrons. The molecule has 4 nitrogen and oxygen atoms in total. The quantitative estimate of drug-likeness (QED) is 0.430. The molecular weight excluding hydrogens is 493 g/mol. The first kappa shape index (κ1) is 21.8. The van der Waals surface area contributed by atoms with Gasteiger partial charge in [-0.15, -0.1) is 0 Å². The first-order valence-corrected chi connectivity index (χ1v) is 12.0. The predicted octanol–water partition coefficient (Wildman–Crippen LogP) is 3.51. The summed E-state index contributed by atoms with van der Waals surface area (Å²) in [6.45, 7) is 5.19. The molecule has 0 spiro atoms. The third-order valence-electron chi connectivity index (χ3n) is 9.15. The van der Waals surface area contributed by atoms with Crippen molar-refractivity contribution < 1.29 is 28.6 Å². The summed E-state index contributed by atoms with van der Waals surface area (Å²) in [5.41, 5.74) is -5.87. The highest BCUT2D eigenvalue weighted by molar-refractivity contribution is 14.1. The lowest BCUT2D eigenvalue weighted by Crippen LogP contribution is -2.71. The van der Waals surface area contributed by atoms with Crippen LogP contribution in [0.2, 0.25) is 0 Å². The molecule has 9 atom stereocenters. The van der Waals surface area contributed by atoms with Gasteiger partial charge in [-0.05, 0) is 49.2 Å². The second-order valence-electron chi connectivity index (χ2n) is 10.2. The van der Waals surface area contributed by atoms with Crippen LogP contribution in [-0.4, -0.2) is 49.8 Å². The smallest absolute Gasteiger partial charge is 0.174 e. The third kappa shape index (κ3) is 2.41. The number of hydrogen-bond donors (Lipinski definition) is 2. The number of ketones is 2. The summed E-state index contributed by atoms with van der Waals surface area (Å²) < 4.78 is 32.4. The number of aliphatic hydroxyl groups is 2. The largest absolute Gasteiger partial charge is 0.390 e. The Morgan fingerprint density at radius 1 is 1.31 bits per heavy atom. The van der Waals surface area contributed by atoms with E-state index in [0.29, 0.717) is 6.42 Å². The predicted molar refractivity (Wildman–Crippen MR) is 112 cm³/mol. The Bertz CT molecular complexity index is 802. The van der Waals surface area contributed by atoms with Gasteiger partial charge in [0.2, 0.25) is 0 Å². The van der Waals surface area contributed by atoms with Gasteiger partial charge in [-0.2, -0.15) is 0 Å².